The molecule has 0 spiro atoms. The molecule has 1 aliphatic rings. The first-order chi connectivity index (χ1) is 13.1. The summed E-state index contributed by atoms with van der Waals surface area (Å²) in [6.07, 6.45) is 5.49. The molecule has 2 heterocycles. The van der Waals surface area contributed by atoms with Crippen LogP contribution in [0.3, 0.4) is 0 Å². The van der Waals surface area contributed by atoms with E-state index in [1.807, 2.05) is 22.1 Å². The number of nitrogens with zero attached hydrogens (tertiary/aromatic N) is 3. The molecule has 0 bridgehead atoms. The maximum Gasteiger partial charge on any atom is 0.272 e. The number of thiophene rings is 1. The first-order valence-corrected chi connectivity index (χ1v) is 10.9. The highest BCUT2D eigenvalue weighted by atomic mass is 32.2. The molecule has 27 heavy (non-hydrogen) atoms. The Morgan fingerprint density at radius 2 is 2.07 bits per heavy atom. The van der Waals surface area contributed by atoms with Gasteiger partial charge in [-0.25, -0.2) is 4.98 Å². The molecule has 0 unspecified atom stereocenters. The normalized spacial score (nSPS) is 15.3. The maximum atomic E-state index is 13.1. The van der Waals surface area contributed by atoms with E-state index in [-0.39, 0.29) is 22.2 Å². The van der Waals surface area contributed by atoms with Crippen LogP contribution in [0.15, 0.2) is 45.7 Å². The van der Waals surface area contributed by atoms with Crippen molar-refractivity contribution in [2.24, 2.45) is 0 Å². The molecule has 0 aliphatic heterocycles. The average molecular weight is 402 g/mol. The minimum atomic E-state index is -0.387. The molecule has 8 heteroatoms. The van der Waals surface area contributed by atoms with Crippen LogP contribution in [0.25, 0.3) is 10.2 Å². The second kappa shape index (κ2) is 7.82. The lowest BCUT2D eigenvalue weighted by Gasteiger charge is -2.25. The minimum Gasteiger partial charge on any atom is -0.283 e. The van der Waals surface area contributed by atoms with Crippen molar-refractivity contribution in [3.05, 3.63) is 61.7 Å². The summed E-state index contributed by atoms with van der Waals surface area (Å²) < 4.78 is 2.58. The molecule has 0 saturated heterocycles. The van der Waals surface area contributed by atoms with Crippen LogP contribution in [0.1, 0.15) is 43.7 Å². The fourth-order valence-corrected chi connectivity index (χ4v) is 5.35. The molecule has 0 atom stereocenters. The standard InChI is InChI=1S/C19H19N3O3S2/c23-18-17-16(9-10-26-17)20-19(21(18)14-6-2-1-3-7-14)27-12-13-5-4-8-15(11-13)22(24)25/h4-5,8-11,14H,1-3,6-7,12H2. The van der Waals surface area contributed by atoms with Gasteiger partial charge < -0.3 is 0 Å². The molecular formula is C19H19N3O3S2. The fraction of sp³-hybridized carbons (Fsp3) is 0.368. The van der Waals surface area contributed by atoms with E-state index in [9.17, 15) is 14.9 Å². The van der Waals surface area contributed by atoms with Gasteiger partial charge in [0.15, 0.2) is 5.16 Å². The molecule has 1 fully saturated rings. The number of hydrogen-bond acceptors (Lipinski definition) is 6. The van der Waals surface area contributed by atoms with Crippen LogP contribution in [-0.4, -0.2) is 14.5 Å². The fourth-order valence-electron chi connectivity index (χ4n) is 3.57. The first kappa shape index (κ1) is 18.2. The molecule has 1 aromatic carbocycles. The number of hydrogen-bond donors (Lipinski definition) is 0. The van der Waals surface area contributed by atoms with E-state index in [4.69, 9.17) is 4.98 Å². The lowest BCUT2D eigenvalue weighted by atomic mass is 9.95. The van der Waals surface area contributed by atoms with Gasteiger partial charge in [0.25, 0.3) is 11.2 Å². The van der Waals surface area contributed by atoms with Crippen molar-refractivity contribution in [2.75, 3.05) is 0 Å². The van der Waals surface area contributed by atoms with Crippen LogP contribution in [0, 0.1) is 10.1 Å². The molecule has 140 valence electrons. The van der Waals surface area contributed by atoms with Crippen LogP contribution < -0.4 is 5.56 Å². The van der Waals surface area contributed by atoms with Crippen molar-refractivity contribution in [3.8, 4) is 0 Å². The zero-order valence-corrected chi connectivity index (χ0v) is 16.3. The Balaban J connectivity index is 1.68. The molecule has 0 N–H and O–H groups in total. The van der Waals surface area contributed by atoms with Crippen LogP contribution >= 0.6 is 23.1 Å². The Bertz CT molecular complexity index is 1040. The molecule has 6 nitrogen and oxygen atoms in total. The Hall–Kier alpha value is -2.19. The lowest BCUT2D eigenvalue weighted by Crippen LogP contribution is -2.28. The SMILES string of the molecule is O=c1c2sccc2nc(SCc2cccc([N+](=O)[O-])c2)n1C1CCCCC1. The topological polar surface area (TPSA) is 78.0 Å². The Morgan fingerprint density at radius 1 is 1.26 bits per heavy atom. The molecule has 3 aromatic rings. The van der Waals surface area contributed by atoms with Gasteiger partial charge in [-0.05, 0) is 29.9 Å². The Labute approximate surface area is 164 Å². The third-order valence-electron chi connectivity index (χ3n) is 4.91. The number of benzene rings is 1. The third-order valence-corrected chi connectivity index (χ3v) is 6.82. The van der Waals surface area contributed by atoms with Gasteiger partial charge in [0.2, 0.25) is 0 Å². The van der Waals surface area contributed by atoms with Gasteiger partial charge in [0.05, 0.1) is 10.4 Å². The zero-order chi connectivity index (χ0) is 18.8. The summed E-state index contributed by atoms with van der Waals surface area (Å²) in [4.78, 5) is 28.4. The summed E-state index contributed by atoms with van der Waals surface area (Å²) >= 11 is 2.92. The monoisotopic (exact) mass is 401 g/mol. The van der Waals surface area contributed by atoms with Crippen molar-refractivity contribution in [2.45, 2.75) is 49.1 Å². The van der Waals surface area contributed by atoms with Crippen LogP contribution in [0.5, 0.6) is 0 Å². The van der Waals surface area contributed by atoms with Crippen molar-refractivity contribution in [1.29, 1.82) is 0 Å². The number of thioether (sulfide) groups is 1. The van der Waals surface area contributed by atoms with Crippen LogP contribution in [-0.2, 0) is 5.75 Å². The summed E-state index contributed by atoms with van der Waals surface area (Å²) in [7, 11) is 0. The van der Waals surface area contributed by atoms with Gasteiger partial charge in [0, 0.05) is 23.9 Å². The highest BCUT2D eigenvalue weighted by molar-refractivity contribution is 7.98. The Morgan fingerprint density at radius 3 is 2.85 bits per heavy atom. The van der Waals surface area contributed by atoms with Gasteiger partial charge in [0.1, 0.15) is 4.70 Å². The number of non-ortho nitro benzene ring substituents is 1. The second-order valence-corrected chi connectivity index (χ2v) is 8.57. The number of aromatic nitrogens is 2. The van der Waals surface area contributed by atoms with Gasteiger partial charge in [-0.15, -0.1) is 11.3 Å². The highest BCUT2D eigenvalue weighted by Crippen LogP contribution is 2.33. The van der Waals surface area contributed by atoms with E-state index in [1.165, 1.54) is 35.6 Å². The van der Waals surface area contributed by atoms with E-state index < -0.39 is 0 Å². The van der Waals surface area contributed by atoms with Crippen molar-refractivity contribution in [3.63, 3.8) is 0 Å². The van der Waals surface area contributed by atoms with E-state index in [2.05, 4.69) is 0 Å². The summed E-state index contributed by atoms with van der Waals surface area (Å²) in [5.74, 6) is 0.538. The van der Waals surface area contributed by atoms with Gasteiger partial charge in [-0.1, -0.05) is 43.2 Å². The molecule has 2 aromatic heterocycles. The molecular weight excluding hydrogens is 382 g/mol. The van der Waals surface area contributed by atoms with Crippen LogP contribution in [0.2, 0.25) is 0 Å². The summed E-state index contributed by atoms with van der Waals surface area (Å²) in [6.45, 7) is 0. The summed E-state index contributed by atoms with van der Waals surface area (Å²) in [5, 5.41) is 13.6. The highest BCUT2D eigenvalue weighted by Gasteiger charge is 2.22. The molecule has 0 amide bonds. The summed E-state index contributed by atoms with van der Waals surface area (Å²) in [6, 6.07) is 8.70. The predicted molar refractivity (Wildman–Crippen MR) is 109 cm³/mol. The first-order valence-electron chi connectivity index (χ1n) is 8.99. The average Bonchev–Trinajstić information content (AvgIpc) is 3.16. The predicted octanol–water partition coefficient (Wildman–Crippen LogP) is 5.16. The van der Waals surface area contributed by atoms with Crippen molar-refractivity contribution in [1.82, 2.24) is 9.55 Å². The number of rotatable bonds is 5. The molecule has 1 aliphatic carbocycles. The lowest BCUT2D eigenvalue weighted by molar-refractivity contribution is -0.384. The van der Waals surface area contributed by atoms with Gasteiger partial charge in [-0.2, -0.15) is 0 Å². The number of nitro benzene ring substituents is 1. The largest absolute Gasteiger partial charge is 0.283 e. The smallest absolute Gasteiger partial charge is 0.272 e. The van der Waals surface area contributed by atoms with Crippen molar-refractivity contribution >= 4 is 39.0 Å². The third kappa shape index (κ3) is 3.77. The number of nitro groups is 1. The Kier molecular flexibility index (Phi) is 5.27. The summed E-state index contributed by atoms with van der Waals surface area (Å²) in [5.41, 5.74) is 1.71. The van der Waals surface area contributed by atoms with Crippen molar-refractivity contribution < 1.29 is 4.92 Å². The van der Waals surface area contributed by atoms with E-state index in [0.29, 0.717) is 15.6 Å². The van der Waals surface area contributed by atoms with E-state index in [0.717, 1.165) is 36.8 Å². The minimum absolute atomic E-state index is 0.0449. The van der Waals surface area contributed by atoms with Crippen LogP contribution in [0.4, 0.5) is 5.69 Å². The van der Waals surface area contributed by atoms with Gasteiger partial charge >= 0.3 is 0 Å². The van der Waals surface area contributed by atoms with Gasteiger partial charge in [-0.3, -0.25) is 19.5 Å². The molecule has 4 rings (SSSR count). The number of fused-ring (bicyclic) bond motifs is 1. The maximum absolute atomic E-state index is 13.1. The molecule has 0 radical (unpaired) electrons. The second-order valence-electron chi connectivity index (χ2n) is 6.71. The van der Waals surface area contributed by atoms with E-state index >= 15 is 0 Å². The quantitative estimate of drug-likeness (QED) is 0.255. The zero-order valence-electron chi connectivity index (χ0n) is 14.7. The van der Waals surface area contributed by atoms with E-state index in [1.54, 1.807) is 12.1 Å². The molecule has 1 saturated carbocycles.